The molecule has 2 rings (SSSR count). The molecule has 26 heavy (non-hydrogen) atoms. The highest BCUT2D eigenvalue weighted by atomic mass is 127. The zero-order chi connectivity index (χ0) is 18.1. The molecule has 0 bridgehead atoms. The summed E-state index contributed by atoms with van der Waals surface area (Å²) in [4.78, 5) is 11.5. The van der Waals surface area contributed by atoms with Gasteiger partial charge in [-0.1, -0.05) is 19.9 Å². The minimum atomic E-state index is 0. The van der Waals surface area contributed by atoms with Crippen molar-refractivity contribution in [3.05, 3.63) is 23.9 Å². The SMILES string of the molecule is CCNC(=NCc1ccc(N2CCOC(C)C2)nc1)NCCC(C)C.I. The second-order valence-electron chi connectivity index (χ2n) is 6.96. The van der Waals surface area contributed by atoms with Crippen molar-refractivity contribution >= 4 is 35.8 Å². The molecule has 1 fully saturated rings. The summed E-state index contributed by atoms with van der Waals surface area (Å²) in [6.07, 6.45) is 3.33. The molecule has 0 amide bonds. The minimum Gasteiger partial charge on any atom is -0.375 e. The average Bonchev–Trinajstić information content (AvgIpc) is 2.60. The third-order valence-corrected chi connectivity index (χ3v) is 4.15. The summed E-state index contributed by atoms with van der Waals surface area (Å²) < 4.78 is 5.59. The first-order valence-electron chi connectivity index (χ1n) is 9.42. The fourth-order valence-electron chi connectivity index (χ4n) is 2.72. The lowest BCUT2D eigenvalue weighted by atomic mass is 10.1. The molecule has 7 heteroatoms. The van der Waals surface area contributed by atoms with E-state index < -0.39 is 0 Å². The largest absolute Gasteiger partial charge is 0.375 e. The molecule has 0 aromatic carbocycles. The van der Waals surface area contributed by atoms with Gasteiger partial charge in [0.2, 0.25) is 0 Å². The Morgan fingerprint density at radius 1 is 1.38 bits per heavy atom. The van der Waals surface area contributed by atoms with Crippen LogP contribution in [-0.2, 0) is 11.3 Å². The summed E-state index contributed by atoms with van der Waals surface area (Å²) >= 11 is 0. The number of nitrogens with one attached hydrogen (secondary N) is 2. The maximum absolute atomic E-state index is 5.59. The molecule has 2 heterocycles. The average molecular weight is 475 g/mol. The van der Waals surface area contributed by atoms with Crippen LogP contribution in [0.15, 0.2) is 23.3 Å². The molecular formula is C19H34IN5O. The van der Waals surface area contributed by atoms with Gasteiger partial charge in [-0.05, 0) is 37.8 Å². The Kier molecular flexibility index (Phi) is 10.9. The number of ether oxygens (including phenoxy) is 1. The van der Waals surface area contributed by atoms with Gasteiger partial charge in [-0.2, -0.15) is 0 Å². The van der Waals surface area contributed by atoms with Gasteiger partial charge in [0.15, 0.2) is 5.96 Å². The molecule has 0 aliphatic carbocycles. The van der Waals surface area contributed by atoms with Crippen molar-refractivity contribution in [1.29, 1.82) is 0 Å². The molecule has 1 aromatic rings. The number of hydrogen-bond donors (Lipinski definition) is 2. The van der Waals surface area contributed by atoms with Gasteiger partial charge in [-0.25, -0.2) is 9.98 Å². The molecule has 1 aliphatic rings. The van der Waals surface area contributed by atoms with Crippen LogP contribution in [0.4, 0.5) is 5.82 Å². The van der Waals surface area contributed by atoms with E-state index >= 15 is 0 Å². The summed E-state index contributed by atoms with van der Waals surface area (Å²) in [7, 11) is 0. The Morgan fingerprint density at radius 2 is 2.19 bits per heavy atom. The highest BCUT2D eigenvalue weighted by Crippen LogP contribution is 2.15. The Bertz CT molecular complexity index is 535. The third-order valence-electron chi connectivity index (χ3n) is 4.15. The van der Waals surface area contributed by atoms with Crippen molar-refractivity contribution in [1.82, 2.24) is 15.6 Å². The molecule has 1 aromatic heterocycles. The molecule has 148 valence electrons. The van der Waals surface area contributed by atoms with Crippen molar-refractivity contribution in [2.75, 3.05) is 37.7 Å². The van der Waals surface area contributed by atoms with Gasteiger partial charge < -0.3 is 20.3 Å². The Hall–Kier alpha value is -1.09. The van der Waals surface area contributed by atoms with Crippen LogP contribution in [0.1, 0.15) is 39.7 Å². The summed E-state index contributed by atoms with van der Waals surface area (Å²) in [6.45, 7) is 13.6. The second kappa shape index (κ2) is 12.3. The molecule has 0 radical (unpaired) electrons. The van der Waals surface area contributed by atoms with Gasteiger partial charge in [0.05, 0.1) is 19.3 Å². The molecular weight excluding hydrogens is 441 g/mol. The van der Waals surface area contributed by atoms with E-state index in [0.717, 1.165) is 56.5 Å². The predicted octanol–water partition coefficient (Wildman–Crippen LogP) is 3.03. The normalized spacial score (nSPS) is 17.8. The van der Waals surface area contributed by atoms with Gasteiger partial charge in [-0.3, -0.25) is 0 Å². The monoisotopic (exact) mass is 475 g/mol. The Balaban J connectivity index is 0.00000338. The summed E-state index contributed by atoms with van der Waals surface area (Å²) in [5, 5.41) is 6.68. The van der Waals surface area contributed by atoms with E-state index in [2.05, 4.69) is 65.3 Å². The van der Waals surface area contributed by atoms with Gasteiger partial charge in [0, 0.05) is 32.4 Å². The molecule has 1 unspecified atom stereocenters. The number of hydrogen-bond acceptors (Lipinski definition) is 4. The Labute approximate surface area is 175 Å². The molecule has 0 saturated carbocycles. The maximum atomic E-state index is 5.59. The highest BCUT2D eigenvalue weighted by molar-refractivity contribution is 14.0. The molecule has 6 nitrogen and oxygen atoms in total. The van der Waals surface area contributed by atoms with Crippen molar-refractivity contribution in [2.24, 2.45) is 10.9 Å². The van der Waals surface area contributed by atoms with E-state index in [9.17, 15) is 0 Å². The molecule has 1 aliphatic heterocycles. The third kappa shape index (κ3) is 8.07. The number of rotatable bonds is 7. The second-order valence-corrected chi connectivity index (χ2v) is 6.96. The lowest BCUT2D eigenvalue weighted by molar-refractivity contribution is 0.0529. The fourth-order valence-corrected chi connectivity index (χ4v) is 2.72. The van der Waals surface area contributed by atoms with Crippen LogP contribution in [0.2, 0.25) is 0 Å². The number of anilines is 1. The smallest absolute Gasteiger partial charge is 0.191 e. The first kappa shape index (κ1) is 23.0. The van der Waals surface area contributed by atoms with Gasteiger partial charge in [-0.15, -0.1) is 24.0 Å². The van der Waals surface area contributed by atoms with Crippen LogP contribution in [-0.4, -0.2) is 49.8 Å². The maximum Gasteiger partial charge on any atom is 0.191 e. The van der Waals surface area contributed by atoms with E-state index in [1.165, 1.54) is 0 Å². The summed E-state index contributed by atoms with van der Waals surface area (Å²) in [5.74, 6) is 2.58. The number of guanidine groups is 1. The van der Waals surface area contributed by atoms with Crippen LogP contribution in [0.25, 0.3) is 0 Å². The van der Waals surface area contributed by atoms with E-state index in [4.69, 9.17) is 4.74 Å². The quantitative estimate of drug-likeness (QED) is 0.361. The molecule has 1 atom stereocenters. The minimum absolute atomic E-state index is 0. The van der Waals surface area contributed by atoms with Crippen molar-refractivity contribution < 1.29 is 4.74 Å². The van der Waals surface area contributed by atoms with Crippen LogP contribution in [0.3, 0.4) is 0 Å². The van der Waals surface area contributed by atoms with E-state index in [1.807, 2.05) is 6.20 Å². The number of halogens is 1. The van der Waals surface area contributed by atoms with Crippen LogP contribution in [0.5, 0.6) is 0 Å². The van der Waals surface area contributed by atoms with E-state index in [0.29, 0.717) is 12.5 Å². The number of pyridine rings is 1. The fraction of sp³-hybridized carbons (Fsp3) is 0.684. The molecule has 1 saturated heterocycles. The van der Waals surface area contributed by atoms with Crippen LogP contribution in [0, 0.1) is 5.92 Å². The lowest BCUT2D eigenvalue weighted by Crippen LogP contribution is -2.41. The lowest BCUT2D eigenvalue weighted by Gasteiger charge is -2.32. The van der Waals surface area contributed by atoms with Gasteiger partial charge >= 0.3 is 0 Å². The van der Waals surface area contributed by atoms with Gasteiger partial charge in [0.1, 0.15) is 5.82 Å². The summed E-state index contributed by atoms with van der Waals surface area (Å²) in [5.41, 5.74) is 1.12. The van der Waals surface area contributed by atoms with E-state index in [1.54, 1.807) is 0 Å². The van der Waals surface area contributed by atoms with Crippen LogP contribution >= 0.6 is 24.0 Å². The van der Waals surface area contributed by atoms with Crippen molar-refractivity contribution in [3.63, 3.8) is 0 Å². The molecule has 0 spiro atoms. The topological polar surface area (TPSA) is 61.8 Å². The zero-order valence-corrected chi connectivity index (χ0v) is 18.8. The number of aromatic nitrogens is 1. The van der Waals surface area contributed by atoms with Crippen molar-refractivity contribution in [2.45, 2.75) is 46.8 Å². The zero-order valence-electron chi connectivity index (χ0n) is 16.5. The van der Waals surface area contributed by atoms with Crippen LogP contribution < -0.4 is 15.5 Å². The summed E-state index contributed by atoms with van der Waals surface area (Å²) in [6, 6.07) is 4.20. The molecule has 2 N–H and O–H groups in total. The number of morpholine rings is 1. The highest BCUT2D eigenvalue weighted by Gasteiger charge is 2.17. The first-order valence-corrected chi connectivity index (χ1v) is 9.42. The Morgan fingerprint density at radius 3 is 2.81 bits per heavy atom. The first-order chi connectivity index (χ1) is 12.1. The van der Waals surface area contributed by atoms with Gasteiger partial charge in [0.25, 0.3) is 0 Å². The number of nitrogens with zero attached hydrogens (tertiary/aromatic N) is 3. The standard InChI is InChI=1S/C19H33N5O.HI/c1-5-20-19(21-9-8-15(2)3)23-13-17-6-7-18(22-12-17)24-10-11-25-16(4)14-24;/h6-7,12,15-16H,5,8-11,13-14H2,1-4H3,(H2,20,21,23);1H. The van der Waals surface area contributed by atoms with Crippen molar-refractivity contribution in [3.8, 4) is 0 Å². The predicted molar refractivity (Wildman–Crippen MR) is 120 cm³/mol. The van der Waals surface area contributed by atoms with E-state index in [-0.39, 0.29) is 30.1 Å². The number of aliphatic imine (C=N–C) groups is 1.